The van der Waals surface area contributed by atoms with Gasteiger partial charge in [-0.2, -0.15) is 0 Å². The second-order valence-electron chi connectivity index (χ2n) is 5.13. The number of ether oxygens (including phenoxy) is 4. The fourth-order valence-electron chi connectivity index (χ4n) is 2.58. The van der Waals surface area contributed by atoms with Crippen LogP contribution in [-0.2, 0) is 11.3 Å². The van der Waals surface area contributed by atoms with E-state index in [4.69, 9.17) is 18.9 Å². The first-order chi connectivity index (χ1) is 10.3. The highest BCUT2D eigenvalue weighted by Crippen LogP contribution is 2.33. The standard InChI is InChI=1S/C16H25NO4/c1-18-13-8-15(19-2)14(16(9-13)20-3)11-17-10-12-6-4-5-7-21-12/h8-9,12,17H,4-7,10-11H2,1-3H3. The minimum absolute atomic E-state index is 0.314. The number of nitrogens with one attached hydrogen (secondary N) is 1. The lowest BCUT2D eigenvalue weighted by Gasteiger charge is -2.23. The summed E-state index contributed by atoms with van der Waals surface area (Å²) in [5.74, 6) is 2.26. The lowest BCUT2D eigenvalue weighted by atomic mass is 10.1. The summed E-state index contributed by atoms with van der Waals surface area (Å²) >= 11 is 0. The highest BCUT2D eigenvalue weighted by Gasteiger charge is 2.16. The summed E-state index contributed by atoms with van der Waals surface area (Å²) in [6.07, 6.45) is 3.87. The zero-order chi connectivity index (χ0) is 15.1. The van der Waals surface area contributed by atoms with Crippen LogP contribution in [-0.4, -0.2) is 40.6 Å². The molecule has 0 radical (unpaired) electrons. The summed E-state index contributed by atoms with van der Waals surface area (Å²) in [6.45, 7) is 2.40. The molecule has 21 heavy (non-hydrogen) atoms. The first-order valence-corrected chi connectivity index (χ1v) is 7.39. The van der Waals surface area contributed by atoms with E-state index in [-0.39, 0.29) is 0 Å². The van der Waals surface area contributed by atoms with Crippen molar-refractivity contribution < 1.29 is 18.9 Å². The summed E-state index contributed by atoms with van der Waals surface area (Å²) < 4.78 is 21.9. The van der Waals surface area contributed by atoms with Crippen LogP contribution in [0.1, 0.15) is 24.8 Å². The SMILES string of the molecule is COc1cc(OC)c(CNCC2CCCCO2)c(OC)c1. The van der Waals surface area contributed by atoms with Gasteiger partial charge in [0.1, 0.15) is 17.2 Å². The van der Waals surface area contributed by atoms with Crippen LogP contribution in [0, 0.1) is 0 Å². The Morgan fingerprint density at radius 1 is 1.10 bits per heavy atom. The van der Waals surface area contributed by atoms with Crippen molar-refractivity contribution in [3.8, 4) is 17.2 Å². The van der Waals surface area contributed by atoms with Crippen molar-refractivity contribution in [1.82, 2.24) is 5.32 Å². The molecule has 1 aromatic carbocycles. The van der Waals surface area contributed by atoms with Gasteiger partial charge in [-0.05, 0) is 19.3 Å². The van der Waals surface area contributed by atoms with E-state index in [9.17, 15) is 0 Å². The molecule has 1 saturated heterocycles. The van der Waals surface area contributed by atoms with E-state index < -0.39 is 0 Å². The van der Waals surface area contributed by atoms with Gasteiger partial charge in [-0.15, -0.1) is 0 Å². The molecule has 1 fully saturated rings. The molecule has 1 aliphatic rings. The summed E-state index contributed by atoms with van der Waals surface area (Å²) in [6, 6.07) is 3.74. The minimum atomic E-state index is 0.314. The predicted molar refractivity (Wildman–Crippen MR) is 81.4 cm³/mol. The third kappa shape index (κ3) is 4.25. The Kier molecular flexibility index (Phi) is 6.14. The maximum Gasteiger partial charge on any atom is 0.130 e. The van der Waals surface area contributed by atoms with Crippen molar-refractivity contribution in [1.29, 1.82) is 0 Å². The Morgan fingerprint density at radius 2 is 1.81 bits per heavy atom. The molecule has 0 amide bonds. The molecular formula is C16H25NO4. The van der Waals surface area contributed by atoms with E-state index in [2.05, 4.69) is 5.32 Å². The molecule has 118 valence electrons. The van der Waals surface area contributed by atoms with Crippen molar-refractivity contribution in [2.75, 3.05) is 34.5 Å². The second-order valence-corrected chi connectivity index (χ2v) is 5.13. The van der Waals surface area contributed by atoms with Gasteiger partial charge in [0.15, 0.2) is 0 Å². The summed E-state index contributed by atoms with van der Waals surface area (Å²) in [5, 5.41) is 3.43. The Balaban J connectivity index is 2.00. The molecule has 1 heterocycles. The fraction of sp³-hybridized carbons (Fsp3) is 0.625. The molecule has 5 heteroatoms. The molecule has 1 unspecified atom stereocenters. The molecule has 1 aromatic rings. The van der Waals surface area contributed by atoms with Gasteiger partial charge in [0.25, 0.3) is 0 Å². The van der Waals surface area contributed by atoms with E-state index in [1.54, 1.807) is 21.3 Å². The third-order valence-corrected chi connectivity index (χ3v) is 3.76. The first kappa shape index (κ1) is 15.9. The third-order valence-electron chi connectivity index (χ3n) is 3.76. The van der Waals surface area contributed by atoms with Gasteiger partial charge in [0.2, 0.25) is 0 Å². The largest absolute Gasteiger partial charge is 0.496 e. The number of hydrogen-bond donors (Lipinski definition) is 1. The lowest BCUT2D eigenvalue weighted by molar-refractivity contribution is 0.0167. The second kappa shape index (κ2) is 8.10. The summed E-state index contributed by atoms with van der Waals surface area (Å²) in [4.78, 5) is 0. The average Bonchev–Trinajstić information content (AvgIpc) is 2.55. The molecular weight excluding hydrogens is 270 g/mol. The molecule has 0 aromatic heterocycles. The van der Waals surface area contributed by atoms with Crippen molar-refractivity contribution in [2.24, 2.45) is 0 Å². The van der Waals surface area contributed by atoms with Crippen molar-refractivity contribution in [3.05, 3.63) is 17.7 Å². The van der Waals surface area contributed by atoms with Crippen molar-refractivity contribution >= 4 is 0 Å². The molecule has 0 spiro atoms. The van der Waals surface area contributed by atoms with Gasteiger partial charge in [0, 0.05) is 31.8 Å². The number of methoxy groups -OCH3 is 3. The fourth-order valence-corrected chi connectivity index (χ4v) is 2.58. The zero-order valence-electron chi connectivity index (χ0n) is 13.1. The molecule has 5 nitrogen and oxygen atoms in total. The highest BCUT2D eigenvalue weighted by atomic mass is 16.5. The van der Waals surface area contributed by atoms with Crippen LogP contribution in [0.4, 0.5) is 0 Å². The number of hydrogen-bond acceptors (Lipinski definition) is 5. The van der Waals surface area contributed by atoms with Gasteiger partial charge in [-0.3, -0.25) is 0 Å². The van der Waals surface area contributed by atoms with E-state index in [0.29, 0.717) is 12.6 Å². The Hall–Kier alpha value is -1.46. The van der Waals surface area contributed by atoms with Gasteiger partial charge < -0.3 is 24.3 Å². The van der Waals surface area contributed by atoms with Gasteiger partial charge >= 0.3 is 0 Å². The normalized spacial score (nSPS) is 18.3. The summed E-state index contributed by atoms with van der Waals surface area (Å²) in [7, 11) is 4.94. The van der Waals surface area contributed by atoms with Gasteiger partial charge in [-0.1, -0.05) is 0 Å². The van der Waals surface area contributed by atoms with E-state index in [1.807, 2.05) is 12.1 Å². The first-order valence-electron chi connectivity index (χ1n) is 7.39. The van der Waals surface area contributed by atoms with Crippen molar-refractivity contribution in [3.63, 3.8) is 0 Å². The maximum absolute atomic E-state index is 5.72. The van der Waals surface area contributed by atoms with Crippen LogP contribution < -0.4 is 19.5 Å². The maximum atomic E-state index is 5.72. The predicted octanol–water partition coefficient (Wildman–Crippen LogP) is 2.37. The van der Waals surface area contributed by atoms with Crippen LogP contribution in [0.25, 0.3) is 0 Å². The van der Waals surface area contributed by atoms with Crippen LogP contribution in [0.3, 0.4) is 0 Å². The number of benzene rings is 1. The molecule has 1 N–H and O–H groups in total. The highest BCUT2D eigenvalue weighted by molar-refractivity contribution is 5.50. The van der Waals surface area contributed by atoms with Crippen LogP contribution in [0.5, 0.6) is 17.2 Å². The Bertz CT molecular complexity index is 419. The molecule has 0 aliphatic carbocycles. The molecule has 2 rings (SSSR count). The van der Waals surface area contributed by atoms with Crippen LogP contribution in [0.2, 0.25) is 0 Å². The topological polar surface area (TPSA) is 49.0 Å². The van der Waals surface area contributed by atoms with Crippen LogP contribution in [0.15, 0.2) is 12.1 Å². The molecule has 0 bridgehead atoms. The van der Waals surface area contributed by atoms with Crippen molar-refractivity contribution in [2.45, 2.75) is 31.9 Å². The number of rotatable bonds is 7. The smallest absolute Gasteiger partial charge is 0.130 e. The van der Waals surface area contributed by atoms with E-state index in [1.165, 1.54) is 12.8 Å². The molecule has 1 atom stereocenters. The Labute approximate surface area is 126 Å². The Morgan fingerprint density at radius 3 is 2.33 bits per heavy atom. The van der Waals surface area contributed by atoms with E-state index >= 15 is 0 Å². The summed E-state index contributed by atoms with van der Waals surface area (Å²) in [5.41, 5.74) is 0.997. The van der Waals surface area contributed by atoms with Gasteiger partial charge in [-0.25, -0.2) is 0 Å². The molecule has 0 saturated carbocycles. The van der Waals surface area contributed by atoms with E-state index in [0.717, 1.165) is 42.4 Å². The molecule has 1 aliphatic heterocycles. The van der Waals surface area contributed by atoms with Crippen LogP contribution >= 0.6 is 0 Å². The zero-order valence-corrected chi connectivity index (χ0v) is 13.1. The average molecular weight is 295 g/mol. The minimum Gasteiger partial charge on any atom is -0.496 e. The quantitative estimate of drug-likeness (QED) is 0.837. The monoisotopic (exact) mass is 295 g/mol. The van der Waals surface area contributed by atoms with Gasteiger partial charge in [0.05, 0.1) is 33.0 Å². The lowest BCUT2D eigenvalue weighted by Crippen LogP contribution is -2.31.